The van der Waals surface area contributed by atoms with E-state index in [9.17, 15) is 5.11 Å². The molecule has 0 saturated heterocycles. The van der Waals surface area contributed by atoms with E-state index in [1.165, 1.54) is 32.1 Å². The third-order valence-corrected chi connectivity index (χ3v) is 6.34. The van der Waals surface area contributed by atoms with Crippen LogP contribution in [-0.4, -0.2) is 20.1 Å². The van der Waals surface area contributed by atoms with Crippen LogP contribution in [0.25, 0.3) is 0 Å². The second-order valence-corrected chi connectivity index (χ2v) is 7.59. The molecule has 4 fully saturated rings. The second-order valence-electron chi connectivity index (χ2n) is 6.84. The first-order chi connectivity index (χ1) is 9.13. The van der Waals surface area contributed by atoms with Gasteiger partial charge < -0.3 is 5.11 Å². The molecule has 4 bridgehead atoms. The van der Waals surface area contributed by atoms with E-state index in [2.05, 4.69) is 26.2 Å². The molecular weight excluding hydrogens is 306 g/mol. The van der Waals surface area contributed by atoms with E-state index in [0.29, 0.717) is 22.4 Å². The van der Waals surface area contributed by atoms with E-state index in [0.717, 1.165) is 17.5 Å². The van der Waals surface area contributed by atoms with Crippen LogP contribution in [-0.2, 0) is 7.05 Å². The average Bonchev–Trinajstić information content (AvgIpc) is 2.67. The lowest BCUT2D eigenvalue weighted by molar-refractivity contribution is -0.0929. The number of rotatable bonds is 2. The highest BCUT2D eigenvalue weighted by Gasteiger charge is 2.51. The molecule has 0 aromatic carbocycles. The Morgan fingerprint density at radius 2 is 1.74 bits per heavy atom. The highest BCUT2D eigenvalue weighted by atomic mass is 79.9. The first-order valence-electron chi connectivity index (χ1n) is 7.36. The topological polar surface area (TPSA) is 50.9 Å². The molecule has 0 spiro atoms. The zero-order chi connectivity index (χ0) is 13.1. The smallest absolute Gasteiger partial charge is 0.154 e. The molecule has 5 heteroatoms. The van der Waals surface area contributed by atoms with E-state index in [4.69, 9.17) is 0 Å². The van der Waals surface area contributed by atoms with Crippen LogP contribution in [0.3, 0.4) is 0 Å². The molecule has 0 aliphatic heterocycles. The first kappa shape index (κ1) is 12.3. The molecule has 4 aliphatic rings. The maximum atomic E-state index is 10.9. The molecule has 0 radical (unpaired) electrons. The van der Waals surface area contributed by atoms with Crippen LogP contribution < -0.4 is 0 Å². The highest BCUT2D eigenvalue weighted by Crippen LogP contribution is 2.59. The fraction of sp³-hybridized carbons (Fsp3) is 0.857. The lowest BCUT2D eigenvalue weighted by Crippen LogP contribution is -2.47. The third kappa shape index (κ3) is 1.81. The van der Waals surface area contributed by atoms with E-state index < -0.39 is 6.10 Å². The van der Waals surface area contributed by atoms with Gasteiger partial charge in [-0.25, -0.2) is 4.68 Å². The first-order valence-corrected chi connectivity index (χ1v) is 8.16. The van der Waals surface area contributed by atoms with Gasteiger partial charge in [0.05, 0.1) is 0 Å². The van der Waals surface area contributed by atoms with Crippen LogP contribution >= 0.6 is 15.9 Å². The minimum absolute atomic E-state index is 0.413. The molecule has 4 nitrogen and oxygen atoms in total. The summed E-state index contributed by atoms with van der Waals surface area (Å²) in [6, 6.07) is 0. The van der Waals surface area contributed by atoms with Crippen molar-refractivity contribution in [1.29, 1.82) is 0 Å². The Labute approximate surface area is 121 Å². The predicted octanol–water partition coefficient (Wildman–Crippen LogP) is 2.68. The van der Waals surface area contributed by atoms with Crippen molar-refractivity contribution >= 4 is 15.9 Å². The van der Waals surface area contributed by atoms with Crippen molar-refractivity contribution in [3.63, 3.8) is 0 Å². The molecule has 1 N–H and O–H groups in total. The number of aromatic nitrogens is 3. The van der Waals surface area contributed by atoms with Crippen LogP contribution in [0.5, 0.6) is 0 Å². The normalized spacial score (nSPS) is 41.7. The van der Waals surface area contributed by atoms with Crippen LogP contribution in [0.1, 0.15) is 43.9 Å². The van der Waals surface area contributed by atoms with Crippen molar-refractivity contribution in [2.45, 2.75) is 38.2 Å². The van der Waals surface area contributed by atoms with Crippen molar-refractivity contribution in [2.75, 3.05) is 0 Å². The number of hydrogen-bond donors (Lipinski definition) is 1. The Morgan fingerprint density at radius 1 is 1.16 bits per heavy atom. The molecule has 1 unspecified atom stereocenters. The number of aliphatic hydroxyl groups excluding tert-OH is 1. The van der Waals surface area contributed by atoms with Crippen molar-refractivity contribution in [3.8, 4) is 0 Å². The van der Waals surface area contributed by atoms with Crippen LogP contribution in [0, 0.1) is 29.6 Å². The lowest BCUT2D eigenvalue weighted by atomic mass is 9.50. The predicted molar refractivity (Wildman–Crippen MR) is 74.2 cm³/mol. The molecule has 4 aliphatic carbocycles. The molecule has 1 heterocycles. The fourth-order valence-corrected chi connectivity index (χ4v) is 5.88. The number of hydrogen-bond acceptors (Lipinski definition) is 3. The van der Waals surface area contributed by atoms with Gasteiger partial charge in [0.15, 0.2) is 4.60 Å². The monoisotopic (exact) mass is 325 g/mol. The van der Waals surface area contributed by atoms with Gasteiger partial charge in [-0.1, -0.05) is 5.21 Å². The van der Waals surface area contributed by atoms with Crippen LogP contribution in [0.4, 0.5) is 0 Å². The van der Waals surface area contributed by atoms with Crippen molar-refractivity contribution < 1.29 is 5.11 Å². The summed E-state index contributed by atoms with van der Waals surface area (Å²) in [4.78, 5) is 0. The maximum absolute atomic E-state index is 10.9. The molecule has 1 aromatic heterocycles. The minimum Gasteiger partial charge on any atom is -0.386 e. The zero-order valence-electron chi connectivity index (χ0n) is 11.2. The Bertz CT molecular complexity index is 453. The second kappa shape index (κ2) is 4.29. The Balaban J connectivity index is 1.66. The van der Waals surface area contributed by atoms with Crippen LogP contribution in [0.2, 0.25) is 0 Å². The van der Waals surface area contributed by atoms with Gasteiger partial charge in [0.2, 0.25) is 0 Å². The zero-order valence-corrected chi connectivity index (χ0v) is 12.8. The van der Waals surface area contributed by atoms with E-state index >= 15 is 0 Å². The molecule has 1 aromatic rings. The lowest BCUT2D eigenvalue weighted by Gasteiger charge is -2.55. The molecular formula is C14H20BrN3O. The summed E-state index contributed by atoms with van der Waals surface area (Å²) in [6.45, 7) is 0. The summed E-state index contributed by atoms with van der Waals surface area (Å²) in [5, 5.41) is 18.9. The maximum Gasteiger partial charge on any atom is 0.154 e. The summed E-state index contributed by atoms with van der Waals surface area (Å²) < 4.78 is 2.43. The Morgan fingerprint density at radius 3 is 2.21 bits per heavy atom. The van der Waals surface area contributed by atoms with Crippen molar-refractivity contribution in [1.82, 2.24) is 15.0 Å². The highest BCUT2D eigenvalue weighted by molar-refractivity contribution is 9.10. The Hall–Kier alpha value is -0.420. The van der Waals surface area contributed by atoms with Gasteiger partial charge in [-0.15, -0.1) is 5.10 Å². The van der Waals surface area contributed by atoms with Crippen molar-refractivity contribution in [3.05, 3.63) is 10.3 Å². The van der Waals surface area contributed by atoms with Crippen LogP contribution in [0.15, 0.2) is 4.60 Å². The van der Waals surface area contributed by atoms with Crippen molar-refractivity contribution in [2.24, 2.45) is 36.6 Å². The fourth-order valence-electron chi connectivity index (χ4n) is 5.32. The summed E-state index contributed by atoms with van der Waals surface area (Å²) in [7, 11) is 1.87. The molecule has 5 rings (SSSR count). The third-order valence-electron chi connectivity index (χ3n) is 5.77. The summed E-state index contributed by atoms with van der Waals surface area (Å²) in [5.74, 6) is 3.74. The Kier molecular flexibility index (Phi) is 2.78. The molecule has 19 heavy (non-hydrogen) atoms. The molecule has 4 saturated carbocycles. The molecule has 1 atom stereocenters. The van der Waals surface area contributed by atoms with E-state index in [1.54, 1.807) is 4.68 Å². The van der Waals surface area contributed by atoms with Gasteiger partial charge in [-0.2, -0.15) is 0 Å². The van der Waals surface area contributed by atoms with E-state index in [-0.39, 0.29) is 0 Å². The number of halogens is 1. The summed E-state index contributed by atoms with van der Waals surface area (Å²) in [6.07, 6.45) is 6.36. The van der Waals surface area contributed by atoms with E-state index in [1.807, 2.05) is 7.05 Å². The average molecular weight is 326 g/mol. The summed E-state index contributed by atoms with van der Waals surface area (Å²) >= 11 is 3.43. The van der Waals surface area contributed by atoms with Gasteiger partial charge in [0.25, 0.3) is 0 Å². The standard InChI is InChI=1S/C14H20BrN3O/c1-18-12(14(15)16-17-18)13(19)11-9-3-7-2-8(5-9)6-10(11)4-7/h7-11,13,19H,2-6H2,1H3. The number of aryl methyl sites for hydroxylation is 1. The number of nitrogens with zero attached hydrogens (tertiary/aromatic N) is 3. The molecule has 104 valence electrons. The quantitative estimate of drug-likeness (QED) is 0.909. The van der Waals surface area contributed by atoms with Gasteiger partial charge in [-0.3, -0.25) is 0 Å². The molecule has 0 amide bonds. The van der Waals surface area contributed by atoms with Gasteiger partial charge in [0.1, 0.15) is 11.8 Å². The summed E-state index contributed by atoms with van der Waals surface area (Å²) in [5.41, 5.74) is 0.859. The SMILES string of the molecule is Cn1nnc(Br)c1C(O)C1C2CC3CC(C2)CC1C3. The van der Waals surface area contributed by atoms with Gasteiger partial charge >= 0.3 is 0 Å². The minimum atomic E-state index is -0.413. The van der Waals surface area contributed by atoms with Gasteiger partial charge in [0, 0.05) is 7.05 Å². The van der Waals surface area contributed by atoms with Gasteiger partial charge in [-0.05, 0) is 77.6 Å². The number of aliphatic hydroxyl groups is 1. The largest absolute Gasteiger partial charge is 0.386 e.